The van der Waals surface area contributed by atoms with Crippen molar-refractivity contribution in [3.05, 3.63) is 87.8 Å². The lowest BCUT2D eigenvalue weighted by Gasteiger charge is -2.21. The third-order valence-electron chi connectivity index (χ3n) is 5.42. The second-order valence-corrected chi connectivity index (χ2v) is 9.47. The van der Waals surface area contributed by atoms with E-state index in [1.54, 1.807) is 36.4 Å². The van der Waals surface area contributed by atoms with E-state index >= 15 is 0 Å². The van der Waals surface area contributed by atoms with Crippen LogP contribution >= 0.6 is 11.6 Å². The van der Waals surface area contributed by atoms with E-state index in [4.69, 9.17) is 17.3 Å². The fourth-order valence-corrected chi connectivity index (χ4v) is 5.63. The monoisotopic (exact) mass is 452 g/mol. The van der Waals surface area contributed by atoms with Crippen LogP contribution in [0, 0.1) is 0 Å². The molecule has 2 N–H and O–H groups in total. The highest BCUT2D eigenvalue weighted by molar-refractivity contribution is 7.92. The van der Waals surface area contributed by atoms with E-state index in [2.05, 4.69) is 4.98 Å². The van der Waals surface area contributed by atoms with E-state index in [-0.39, 0.29) is 21.4 Å². The van der Waals surface area contributed by atoms with E-state index in [0.717, 1.165) is 10.1 Å². The minimum absolute atomic E-state index is 0.0167. The van der Waals surface area contributed by atoms with Crippen LogP contribution in [0.25, 0.3) is 16.6 Å². The number of hydrogen-bond acceptors (Lipinski definition) is 5. The summed E-state index contributed by atoms with van der Waals surface area (Å²) in [5, 5.41) is 0.756. The van der Waals surface area contributed by atoms with Crippen LogP contribution in [-0.4, -0.2) is 24.5 Å². The maximum atomic E-state index is 13.4. The Bertz CT molecular complexity index is 1520. The molecule has 0 saturated carbocycles. The summed E-state index contributed by atoms with van der Waals surface area (Å²) in [5.41, 5.74) is 7.87. The second-order valence-electron chi connectivity index (χ2n) is 7.20. The van der Waals surface area contributed by atoms with Crippen LogP contribution < -0.4 is 15.7 Å². The molecule has 0 amide bonds. The van der Waals surface area contributed by atoms with Gasteiger partial charge in [0.25, 0.3) is 10.0 Å². The summed E-state index contributed by atoms with van der Waals surface area (Å²) in [6, 6.07) is 18.6. The molecule has 0 atom stereocenters. The number of halogens is 1. The smallest absolute Gasteiger partial charge is 0.354 e. The Labute approximate surface area is 183 Å². The summed E-state index contributed by atoms with van der Waals surface area (Å²) in [6.07, 6.45) is 0.636. The molecule has 0 spiro atoms. The van der Waals surface area contributed by atoms with Gasteiger partial charge in [0.1, 0.15) is 5.82 Å². The highest BCUT2D eigenvalue weighted by Crippen LogP contribution is 2.34. The normalized spacial score (nSPS) is 13.5. The number of hydrogen-bond donors (Lipinski definition) is 1. The molecule has 31 heavy (non-hydrogen) atoms. The molecule has 0 aliphatic carbocycles. The third-order valence-corrected chi connectivity index (χ3v) is 7.55. The van der Waals surface area contributed by atoms with Crippen molar-refractivity contribution in [3.8, 4) is 5.69 Å². The van der Waals surface area contributed by atoms with Crippen LogP contribution in [-0.2, 0) is 16.4 Å². The maximum Gasteiger partial charge on any atom is 0.354 e. The molecule has 9 heteroatoms. The summed E-state index contributed by atoms with van der Waals surface area (Å²) in [7, 11) is -3.87. The molecule has 4 aromatic rings. The van der Waals surface area contributed by atoms with Crippen molar-refractivity contribution in [1.82, 2.24) is 9.55 Å². The number of sulfonamides is 1. The highest BCUT2D eigenvalue weighted by atomic mass is 35.5. The highest BCUT2D eigenvalue weighted by Gasteiger charge is 2.31. The molecule has 0 bridgehead atoms. The first-order valence-electron chi connectivity index (χ1n) is 9.56. The Hall–Kier alpha value is -3.36. The van der Waals surface area contributed by atoms with Crippen LogP contribution in [0.2, 0.25) is 5.02 Å². The van der Waals surface area contributed by atoms with Crippen LogP contribution in [0.4, 0.5) is 11.5 Å². The SMILES string of the molecule is Nc1c2ccccc2nc(=O)n1-c1cc(S(=O)(=O)N2CCc3ccccc32)ccc1Cl. The van der Waals surface area contributed by atoms with Crippen molar-refractivity contribution in [3.63, 3.8) is 0 Å². The van der Waals surface area contributed by atoms with Crippen LogP contribution in [0.3, 0.4) is 0 Å². The Morgan fingerprint density at radius 2 is 1.71 bits per heavy atom. The Morgan fingerprint density at radius 1 is 0.968 bits per heavy atom. The van der Waals surface area contributed by atoms with Crippen LogP contribution in [0.1, 0.15) is 5.56 Å². The zero-order valence-electron chi connectivity index (χ0n) is 16.2. The van der Waals surface area contributed by atoms with Gasteiger partial charge in [-0.1, -0.05) is 41.9 Å². The second kappa shape index (κ2) is 7.11. The zero-order valence-corrected chi connectivity index (χ0v) is 17.8. The van der Waals surface area contributed by atoms with Gasteiger partial charge in [0, 0.05) is 11.9 Å². The van der Waals surface area contributed by atoms with Crippen molar-refractivity contribution in [2.45, 2.75) is 11.3 Å². The minimum Gasteiger partial charge on any atom is -0.384 e. The van der Waals surface area contributed by atoms with Gasteiger partial charge in [0.15, 0.2) is 0 Å². The van der Waals surface area contributed by atoms with Crippen molar-refractivity contribution >= 4 is 44.0 Å². The van der Waals surface area contributed by atoms with Gasteiger partial charge in [-0.25, -0.2) is 17.8 Å². The number of anilines is 2. The van der Waals surface area contributed by atoms with Gasteiger partial charge in [0.2, 0.25) is 0 Å². The number of rotatable bonds is 3. The molecule has 1 aliphatic rings. The number of aromatic nitrogens is 2. The zero-order chi connectivity index (χ0) is 21.8. The maximum absolute atomic E-state index is 13.4. The van der Waals surface area contributed by atoms with E-state index < -0.39 is 15.7 Å². The molecule has 0 radical (unpaired) electrons. The summed E-state index contributed by atoms with van der Waals surface area (Å²) in [6.45, 7) is 0.346. The molecule has 156 valence electrons. The molecule has 3 aromatic carbocycles. The van der Waals surface area contributed by atoms with Crippen molar-refractivity contribution in [1.29, 1.82) is 0 Å². The lowest BCUT2D eigenvalue weighted by Crippen LogP contribution is -2.29. The molecule has 1 aromatic heterocycles. The summed E-state index contributed by atoms with van der Waals surface area (Å²) in [5.74, 6) is 0.138. The molecular formula is C22H17ClN4O3S. The number of fused-ring (bicyclic) bond motifs is 2. The molecule has 7 nitrogen and oxygen atoms in total. The van der Waals surface area contributed by atoms with Crippen molar-refractivity contribution in [2.24, 2.45) is 0 Å². The summed E-state index contributed by atoms with van der Waals surface area (Å²) in [4.78, 5) is 16.8. The van der Waals surface area contributed by atoms with E-state index in [1.165, 1.54) is 22.5 Å². The average Bonchev–Trinajstić information content (AvgIpc) is 3.20. The molecule has 5 rings (SSSR count). The lowest BCUT2D eigenvalue weighted by molar-refractivity contribution is 0.592. The van der Waals surface area contributed by atoms with Gasteiger partial charge < -0.3 is 5.73 Å². The first-order chi connectivity index (χ1) is 14.9. The largest absolute Gasteiger partial charge is 0.384 e. The Kier molecular flexibility index (Phi) is 4.49. The van der Waals surface area contributed by atoms with Gasteiger partial charge in [-0.15, -0.1) is 0 Å². The predicted molar refractivity (Wildman–Crippen MR) is 121 cm³/mol. The molecule has 2 heterocycles. The lowest BCUT2D eigenvalue weighted by atomic mass is 10.2. The topological polar surface area (TPSA) is 98.3 Å². The third kappa shape index (κ3) is 3.07. The molecule has 0 fully saturated rings. The van der Waals surface area contributed by atoms with Crippen LogP contribution in [0.15, 0.2) is 76.4 Å². The summed E-state index contributed by atoms with van der Waals surface area (Å²) >= 11 is 6.37. The number of benzene rings is 3. The number of para-hydroxylation sites is 2. The first kappa shape index (κ1) is 19.6. The van der Waals surface area contributed by atoms with E-state index in [1.807, 2.05) is 12.1 Å². The number of nitrogen functional groups attached to an aromatic ring is 1. The minimum atomic E-state index is -3.87. The van der Waals surface area contributed by atoms with Gasteiger partial charge in [-0.2, -0.15) is 4.98 Å². The summed E-state index contributed by atoms with van der Waals surface area (Å²) < 4.78 is 29.4. The molecule has 0 saturated heterocycles. The van der Waals surface area contributed by atoms with E-state index in [9.17, 15) is 13.2 Å². The van der Waals surface area contributed by atoms with Gasteiger partial charge in [0.05, 0.1) is 26.8 Å². The Morgan fingerprint density at radius 3 is 2.55 bits per heavy atom. The fourth-order valence-electron chi connectivity index (χ4n) is 3.91. The van der Waals surface area contributed by atoms with Crippen LogP contribution in [0.5, 0.6) is 0 Å². The fraction of sp³-hybridized carbons (Fsp3) is 0.0909. The quantitative estimate of drug-likeness (QED) is 0.514. The number of nitrogens with two attached hydrogens (primary N) is 1. The predicted octanol–water partition coefficient (Wildman–Crippen LogP) is 3.37. The first-order valence-corrected chi connectivity index (χ1v) is 11.4. The van der Waals surface area contributed by atoms with Crippen molar-refractivity contribution in [2.75, 3.05) is 16.6 Å². The van der Waals surface area contributed by atoms with Gasteiger partial charge >= 0.3 is 5.69 Å². The Balaban J connectivity index is 1.68. The van der Waals surface area contributed by atoms with Gasteiger partial charge in [-0.3, -0.25) is 4.31 Å². The molecular weight excluding hydrogens is 436 g/mol. The van der Waals surface area contributed by atoms with Crippen molar-refractivity contribution < 1.29 is 8.42 Å². The number of nitrogens with zero attached hydrogens (tertiary/aromatic N) is 3. The standard InChI is InChI=1S/C22H17ClN4O3S/c23-17-10-9-15(31(29,30)26-12-11-14-5-1-4-8-19(14)26)13-20(17)27-21(24)16-6-2-3-7-18(16)25-22(27)28/h1-10,13H,11-12,24H2. The van der Waals surface area contributed by atoms with Gasteiger partial charge in [-0.05, 0) is 48.4 Å². The molecule has 1 aliphatic heterocycles. The van der Waals surface area contributed by atoms with E-state index in [0.29, 0.717) is 29.6 Å². The average molecular weight is 453 g/mol. The molecule has 0 unspecified atom stereocenters.